The average molecular weight is 530 g/mol. The first kappa shape index (κ1) is 28.0. The van der Waals surface area contributed by atoms with E-state index in [9.17, 15) is 19.2 Å². The van der Waals surface area contributed by atoms with Crippen LogP contribution in [0.25, 0.3) is 0 Å². The summed E-state index contributed by atoms with van der Waals surface area (Å²) < 4.78 is 11.0. The lowest BCUT2D eigenvalue weighted by molar-refractivity contribution is -0.145. The van der Waals surface area contributed by atoms with Gasteiger partial charge in [-0.25, -0.2) is 0 Å². The Morgan fingerprint density at radius 2 is 1.74 bits per heavy atom. The monoisotopic (exact) mass is 529 g/mol. The summed E-state index contributed by atoms with van der Waals surface area (Å²) in [7, 11) is 0. The first-order valence-corrected chi connectivity index (χ1v) is 13.6. The van der Waals surface area contributed by atoms with Gasteiger partial charge in [0.05, 0.1) is 26.4 Å². The molecule has 2 heterocycles. The molecule has 0 unspecified atom stereocenters. The molecule has 11 heteroatoms. The fourth-order valence-electron chi connectivity index (χ4n) is 5.33. The molecule has 2 saturated heterocycles. The maximum absolute atomic E-state index is 13.5. The van der Waals surface area contributed by atoms with Crippen molar-refractivity contribution in [2.75, 3.05) is 59.2 Å². The van der Waals surface area contributed by atoms with Crippen LogP contribution in [0.1, 0.15) is 42.5 Å². The number of benzene rings is 1. The van der Waals surface area contributed by atoms with Crippen LogP contribution in [0, 0.1) is 0 Å². The largest absolute Gasteiger partial charge is 0.377 e. The van der Waals surface area contributed by atoms with Crippen LogP contribution in [0.5, 0.6) is 0 Å². The van der Waals surface area contributed by atoms with Gasteiger partial charge in [0.1, 0.15) is 12.6 Å². The highest BCUT2D eigenvalue weighted by atomic mass is 16.5. The van der Waals surface area contributed by atoms with E-state index in [0.29, 0.717) is 37.7 Å². The number of nitrogens with zero attached hydrogens (tertiary/aromatic N) is 2. The summed E-state index contributed by atoms with van der Waals surface area (Å²) in [6.07, 6.45) is 5.15. The van der Waals surface area contributed by atoms with E-state index < -0.39 is 6.04 Å². The molecule has 0 spiro atoms. The third-order valence-corrected chi connectivity index (χ3v) is 7.32. The van der Waals surface area contributed by atoms with Gasteiger partial charge in [-0.05, 0) is 31.4 Å². The molecule has 0 aromatic heterocycles. The SMILES string of the molecule is O=C(NCCN1CC(=O)N2CC[C@@H](NC3CCCC3)[C@H]2C(=O)NCCOCCOCC1=O)c1ccccc1. The second-order valence-electron chi connectivity index (χ2n) is 9.97. The zero-order chi connectivity index (χ0) is 26.7. The van der Waals surface area contributed by atoms with Crippen LogP contribution in [-0.4, -0.2) is 111 Å². The lowest BCUT2D eigenvalue weighted by Gasteiger charge is -2.31. The smallest absolute Gasteiger partial charge is 0.251 e. The minimum Gasteiger partial charge on any atom is -0.377 e. The van der Waals surface area contributed by atoms with Gasteiger partial charge in [-0.2, -0.15) is 0 Å². The van der Waals surface area contributed by atoms with Crippen molar-refractivity contribution in [3.63, 3.8) is 0 Å². The molecule has 1 aromatic carbocycles. The number of carbonyl (C=O) groups excluding carboxylic acids is 4. The van der Waals surface area contributed by atoms with Crippen molar-refractivity contribution in [2.45, 2.75) is 50.2 Å². The van der Waals surface area contributed by atoms with E-state index in [4.69, 9.17) is 9.47 Å². The molecule has 0 bridgehead atoms. The highest BCUT2D eigenvalue weighted by Gasteiger charge is 2.43. The van der Waals surface area contributed by atoms with E-state index >= 15 is 0 Å². The van der Waals surface area contributed by atoms with Gasteiger partial charge in [-0.15, -0.1) is 0 Å². The number of hydrogen-bond donors (Lipinski definition) is 3. The molecule has 0 radical (unpaired) electrons. The van der Waals surface area contributed by atoms with Crippen LogP contribution < -0.4 is 16.0 Å². The van der Waals surface area contributed by atoms with Crippen LogP contribution in [-0.2, 0) is 23.9 Å². The van der Waals surface area contributed by atoms with Gasteiger partial charge < -0.3 is 35.2 Å². The highest BCUT2D eigenvalue weighted by molar-refractivity contribution is 5.94. The number of nitrogens with one attached hydrogen (secondary N) is 3. The van der Waals surface area contributed by atoms with Gasteiger partial charge in [0.15, 0.2) is 0 Å². The molecule has 2 atom stereocenters. The lowest BCUT2D eigenvalue weighted by atomic mass is 10.1. The summed E-state index contributed by atoms with van der Waals surface area (Å²) >= 11 is 0. The molecule has 4 amide bonds. The highest BCUT2D eigenvalue weighted by Crippen LogP contribution is 2.24. The third-order valence-electron chi connectivity index (χ3n) is 7.32. The molecule has 2 aliphatic heterocycles. The zero-order valence-corrected chi connectivity index (χ0v) is 21.9. The number of fused-ring (bicyclic) bond motifs is 1. The summed E-state index contributed by atoms with van der Waals surface area (Å²) in [5.41, 5.74) is 0.516. The van der Waals surface area contributed by atoms with Crippen molar-refractivity contribution in [2.24, 2.45) is 0 Å². The van der Waals surface area contributed by atoms with Crippen molar-refractivity contribution in [3.05, 3.63) is 35.9 Å². The van der Waals surface area contributed by atoms with Gasteiger partial charge in [0.2, 0.25) is 17.7 Å². The summed E-state index contributed by atoms with van der Waals surface area (Å²) in [6, 6.07) is 8.35. The Kier molecular flexibility index (Phi) is 10.5. The Balaban J connectivity index is 1.43. The van der Waals surface area contributed by atoms with Crippen molar-refractivity contribution in [3.8, 4) is 0 Å². The first-order chi connectivity index (χ1) is 18.5. The number of rotatable bonds is 6. The number of hydrogen-bond acceptors (Lipinski definition) is 7. The molecule has 1 saturated carbocycles. The van der Waals surface area contributed by atoms with Gasteiger partial charge in [0, 0.05) is 43.8 Å². The molecular formula is C27H39N5O6. The van der Waals surface area contributed by atoms with E-state index in [1.807, 2.05) is 6.07 Å². The van der Waals surface area contributed by atoms with Crippen LogP contribution in [0.15, 0.2) is 30.3 Å². The summed E-state index contributed by atoms with van der Waals surface area (Å²) in [6.45, 7) is 1.50. The summed E-state index contributed by atoms with van der Waals surface area (Å²) in [4.78, 5) is 55.1. The molecule has 3 fully saturated rings. The van der Waals surface area contributed by atoms with Crippen LogP contribution in [0.2, 0.25) is 0 Å². The lowest BCUT2D eigenvalue weighted by Crippen LogP contribution is -2.57. The molecule has 4 rings (SSSR count). The molecule has 1 aromatic rings. The van der Waals surface area contributed by atoms with Crippen LogP contribution >= 0.6 is 0 Å². The average Bonchev–Trinajstić information content (AvgIpc) is 3.59. The number of ether oxygens (including phenoxy) is 2. The quantitative estimate of drug-likeness (QED) is 0.470. The van der Waals surface area contributed by atoms with Crippen molar-refractivity contribution < 1.29 is 28.7 Å². The van der Waals surface area contributed by atoms with Gasteiger partial charge in [-0.3, -0.25) is 19.2 Å². The molecule has 1 aliphatic carbocycles. The summed E-state index contributed by atoms with van der Waals surface area (Å²) in [5, 5.41) is 9.34. The molecule has 208 valence electrons. The Hall–Kier alpha value is -3.02. The molecule has 38 heavy (non-hydrogen) atoms. The van der Waals surface area contributed by atoms with Crippen LogP contribution in [0.3, 0.4) is 0 Å². The van der Waals surface area contributed by atoms with Crippen molar-refractivity contribution in [1.29, 1.82) is 0 Å². The molecule has 3 N–H and O–H groups in total. The van der Waals surface area contributed by atoms with Crippen LogP contribution in [0.4, 0.5) is 0 Å². The summed E-state index contributed by atoms with van der Waals surface area (Å²) in [5.74, 6) is -1.12. The molecular weight excluding hydrogens is 490 g/mol. The second kappa shape index (κ2) is 14.2. The minimum atomic E-state index is -0.654. The maximum Gasteiger partial charge on any atom is 0.251 e. The molecule has 3 aliphatic rings. The fraction of sp³-hybridized carbons (Fsp3) is 0.630. The van der Waals surface area contributed by atoms with E-state index in [0.717, 1.165) is 12.8 Å². The number of amides is 4. The first-order valence-electron chi connectivity index (χ1n) is 13.6. The number of carbonyl (C=O) groups is 4. The fourth-order valence-corrected chi connectivity index (χ4v) is 5.33. The predicted octanol–water partition coefficient (Wildman–Crippen LogP) is -0.0903. The molecule has 11 nitrogen and oxygen atoms in total. The minimum absolute atomic E-state index is 0.136. The maximum atomic E-state index is 13.5. The second-order valence-corrected chi connectivity index (χ2v) is 9.97. The van der Waals surface area contributed by atoms with Gasteiger partial charge >= 0.3 is 0 Å². The third kappa shape index (κ3) is 7.75. The Morgan fingerprint density at radius 1 is 0.974 bits per heavy atom. The topological polar surface area (TPSA) is 129 Å². The van der Waals surface area contributed by atoms with E-state index in [1.165, 1.54) is 17.7 Å². The zero-order valence-electron chi connectivity index (χ0n) is 21.9. The van der Waals surface area contributed by atoms with Gasteiger partial charge in [0.25, 0.3) is 5.91 Å². The Bertz CT molecular complexity index is 955. The van der Waals surface area contributed by atoms with Gasteiger partial charge in [-0.1, -0.05) is 31.0 Å². The normalized spacial score (nSPS) is 24.5. The van der Waals surface area contributed by atoms with E-state index in [1.54, 1.807) is 29.2 Å². The standard InChI is InChI=1S/C27H39N5O6/c33-23-18-31(14-11-28-26(35)20-6-2-1-3-7-20)24(34)19-38-17-16-37-15-12-29-27(36)25-22(10-13-32(23)25)30-21-8-4-5-9-21/h1-3,6-7,21-22,25,30H,4-5,8-19H2,(H,28,35)(H,29,36)/t22-,25+/m1/s1. The Labute approximate surface area is 223 Å². The van der Waals surface area contributed by atoms with E-state index in [2.05, 4.69) is 16.0 Å². The van der Waals surface area contributed by atoms with Crippen molar-refractivity contribution in [1.82, 2.24) is 25.8 Å². The van der Waals surface area contributed by atoms with Crippen molar-refractivity contribution >= 4 is 23.6 Å². The predicted molar refractivity (Wildman–Crippen MR) is 139 cm³/mol. The van der Waals surface area contributed by atoms with E-state index in [-0.39, 0.29) is 69.1 Å². The Morgan fingerprint density at radius 3 is 2.53 bits per heavy atom.